The molecule has 162 valence electrons. The van der Waals surface area contributed by atoms with Gasteiger partial charge >= 0.3 is 0 Å². The van der Waals surface area contributed by atoms with Gasteiger partial charge in [0.2, 0.25) is 15.9 Å². The van der Waals surface area contributed by atoms with Crippen LogP contribution in [0.5, 0.6) is 0 Å². The zero-order chi connectivity index (χ0) is 21.9. The van der Waals surface area contributed by atoms with E-state index >= 15 is 0 Å². The van der Waals surface area contributed by atoms with Crippen molar-refractivity contribution in [2.75, 3.05) is 30.3 Å². The summed E-state index contributed by atoms with van der Waals surface area (Å²) in [6, 6.07) is 12.2. The molecule has 2 atom stereocenters. The molecule has 1 saturated heterocycles. The number of benzene rings is 2. The van der Waals surface area contributed by atoms with E-state index in [1.165, 1.54) is 22.0 Å². The predicted octanol–water partition coefficient (Wildman–Crippen LogP) is 3.15. The molecule has 8 heteroatoms. The molecule has 1 fully saturated rings. The molecular formula is C22H29N3O4S. The van der Waals surface area contributed by atoms with E-state index in [9.17, 15) is 13.2 Å². The Balaban J connectivity index is 1.60. The quantitative estimate of drug-likeness (QED) is 0.734. The zero-order valence-corrected chi connectivity index (χ0v) is 18.6. The van der Waals surface area contributed by atoms with Crippen molar-refractivity contribution in [1.82, 2.24) is 4.31 Å². The fraction of sp³-hybridized carbons (Fsp3) is 0.409. The second-order valence-electron chi connectivity index (χ2n) is 7.82. The molecule has 0 aliphatic carbocycles. The Kier molecular flexibility index (Phi) is 6.80. The topological polar surface area (TPSA) is 87.7 Å². The van der Waals surface area contributed by atoms with Gasteiger partial charge in [-0.2, -0.15) is 4.31 Å². The number of sulfonamides is 1. The highest BCUT2D eigenvalue weighted by Crippen LogP contribution is 2.22. The first-order chi connectivity index (χ1) is 14.1. The molecule has 0 bridgehead atoms. The van der Waals surface area contributed by atoms with E-state index in [0.717, 1.165) is 11.3 Å². The number of rotatable bonds is 6. The van der Waals surface area contributed by atoms with Crippen molar-refractivity contribution in [3.8, 4) is 0 Å². The molecule has 3 rings (SSSR count). The first-order valence-corrected chi connectivity index (χ1v) is 11.5. The minimum absolute atomic E-state index is 0.119. The van der Waals surface area contributed by atoms with E-state index < -0.39 is 10.0 Å². The van der Waals surface area contributed by atoms with E-state index in [4.69, 9.17) is 4.74 Å². The van der Waals surface area contributed by atoms with Gasteiger partial charge in [0, 0.05) is 24.5 Å². The number of nitrogens with zero attached hydrogens (tertiary/aromatic N) is 1. The third kappa shape index (κ3) is 5.38. The average Bonchev–Trinajstić information content (AvgIpc) is 2.67. The summed E-state index contributed by atoms with van der Waals surface area (Å²) < 4.78 is 32.9. The molecule has 0 saturated carbocycles. The van der Waals surface area contributed by atoms with Crippen molar-refractivity contribution in [3.63, 3.8) is 0 Å². The van der Waals surface area contributed by atoms with Crippen LogP contribution in [0.2, 0.25) is 0 Å². The molecule has 1 aliphatic rings. The fourth-order valence-electron chi connectivity index (χ4n) is 3.58. The Morgan fingerprint density at radius 3 is 2.30 bits per heavy atom. The lowest BCUT2D eigenvalue weighted by atomic mass is 10.1. The molecule has 0 radical (unpaired) electrons. The van der Waals surface area contributed by atoms with Crippen molar-refractivity contribution < 1.29 is 17.9 Å². The zero-order valence-electron chi connectivity index (χ0n) is 17.8. The van der Waals surface area contributed by atoms with Crippen LogP contribution in [0.3, 0.4) is 0 Å². The normalized spacial score (nSPS) is 20.0. The maximum Gasteiger partial charge on any atom is 0.243 e. The summed E-state index contributed by atoms with van der Waals surface area (Å²) in [4.78, 5) is 12.5. The first-order valence-electron chi connectivity index (χ1n) is 10.0. The summed E-state index contributed by atoms with van der Waals surface area (Å²) >= 11 is 0. The highest BCUT2D eigenvalue weighted by Gasteiger charge is 2.32. The third-order valence-electron chi connectivity index (χ3n) is 4.98. The lowest BCUT2D eigenvalue weighted by Gasteiger charge is -2.34. The molecule has 0 spiro atoms. The van der Waals surface area contributed by atoms with E-state index in [-0.39, 0.29) is 29.6 Å². The number of hydrogen-bond acceptors (Lipinski definition) is 5. The fourth-order valence-corrected chi connectivity index (χ4v) is 5.17. The van der Waals surface area contributed by atoms with Crippen molar-refractivity contribution in [1.29, 1.82) is 0 Å². The van der Waals surface area contributed by atoms with Gasteiger partial charge in [-0.3, -0.25) is 4.79 Å². The molecule has 0 aromatic heterocycles. The molecule has 1 heterocycles. The summed E-state index contributed by atoms with van der Waals surface area (Å²) in [6.07, 6.45) is -0.293. The van der Waals surface area contributed by atoms with Gasteiger partial charge in [-0.05, 0) is 63.6 Å². The highest BCUT2D eigenvalue weighted by atomic mass is 32.2. The second-order valence-corrected chi connectivity index (χ2v) is 9.76. The van der Waals surface area contributed by atoms with Crippen LogP contribution in [-0.4, -0.2) is 50.5 Å². The largest absolute Gasteiger partial charge is 0.376 e. The molecule has 1 aliphatic heterocycles. The minimum atomic E-state index is -3.60. The number of morpholine rings is 1. The molecule has 2 aromatic carbocycles. The van der Waals surface area contributed by atoms with Crippen LogP contribution in [0, 0.1) is 13.8 Å². The summed E-state index contributed by atoms with van der Waals surface area (Å²) in [7, 11) is -3.60. The van der Waals surface area contributed by atoms with Crippen molar-refractivity contribution in [2.24, 2.45) is 0 Å². The highest BCUT2D eigenvalue weighted by molar-refractivity contribution is 7.89. The monoisotopic (exact) mass is 431 g/mol. The number of carbonyl (C=O) groups is 1. The van der Waals surface area contributed by atoms with Gasteiger partial charge < -0.3 is 15.4 Å². The van der Waals surface area contributed by atoms with Crippen LogP contribution in [0.15, 0.2) is 47.4 Å². The Morgan fingerprint density at radius 2 is 1.70 bits per heavy atom. The Hall–Kier alpha value is -2.42. The summed E-state index contributed by atoms with van der Waals surface area (Å²) in [5.74, 6) is -0.207. The van der Waals surface area contributed by atoms with Crippen LogP contribution >= 0.6 is 0 Å². The summed E-state index contributed by atoms with van der Waals surface area (Å²) in [5, 5.41) is 5.91. The number of aryl methyl sites for hydroxylation is 2. The molecule has 2 unspecified atom stereocenters. The standard InChI is InChI=1S/C22H29N3O4S/c1-15-5-10-21(16(2)11-15)23-12-22(26)24-19-6-8-20(9-7-19)30(27,28)25-13-17(3)29-18(4)14-25/h5-11,17-18,23H,12-14H2,1-4H3,(H,24,26). The minimum Gasteiger partial charge on any atom is -0.376 e. The Bertz CT molecular complexity index is 996. The molecule has 2 aromatic rings. The van der Waals surface area contributed by atoms with Crippen LogP contribution in [0.1, 0.15) is 25.0 Å². The molecule has 1 amide bonds. The number of carbonyl (C=O) groups excluding carboxylic acids is 1. The molecule has 2 N–H and O–H groups in total. The van der Waals surface area contributed by atoms with Crippen LogP contribution < -0.4 is 10.6 Å². The number of nitrogens with one attached hydrogen (secondary N) is 2. The number of anilines is 2. The molecule has 30 heavy (non-hydrogen) atoms. The third-order valence-corrected chi connectivity index (χ3v) is 6.83. The van der Waals surface area contributed by atoms with Crippen molar-refractivity contribution in [3.05, 3.63) is 53.6 Å². The van der Waals surface area contributed by atoms with Gasteiger partial charge in [-0.15, -0.1) is 0 Å². The Labute approximate surface area is 178 Å². The SMILES string of the molecule is Cc1ccc(NCC(=O)Nc2ccc(S(=O)(=O)N3CC(C)OC(C)C3)cc2)c(C)c1. The van der Waals surface area contributed by atoms with Gasteiger partial charge in [0.25, 0.3) is 0 Å². The van der Waals surface area contributed by atoms with Gasteiger partial charge in [-0.25, -0.2) is 8.42 Å². The van der Waals surface area contributed by atoms with E-state index in [1.54, 1.807) is 12.1 Å². The van der Waals surface area contributed by atoms with Gasteiger partial charge in [0.05, 0.1) is 23.6 Å². The number of amides is 1. The van der Waals surface area contributed by atoms with Crippen LogP contribution in [0.4, 0.5) is 11.4 Å². The average molecular weight is 432 g/mol. The number of hydrogen-bond donors (Lipinski definition) is 2. The second kappa shape index (κ2) is 9.16. The van der Waals surface area contributed by atoms with Gasteiger partial charge in [0.15, 0.2) is 0 Å². The van der Waals surface area contributed by atoms with E-state index in [0.29, 0.717) is 18.8 Å². The molecular weight excluding hydrogens is 402 g/mol. The van der Waals surface area contributed by atoms with Crippen LogP contribution in [-0.2, 0) is 19.6 Å². The van der Waals surface area contributed by atoms with Gasteiger partial charge in [0.1, 0.15) is 0 Å². The summed E-state index contributed by atoms with van der Waals surface area (Å²) in [6.45, 7) is 8.51. The van der Waals surface area contributed by atoms with Crippen molar-refractivity contribution >= 4 is 27.3 Å². The maximum atomic E-state index is 12.9. The van der Waals surface area contributed by atoms with Crippen molar-refractivity contribution in [2.45, 2.75) is 44.8 Å². The van der Waals surface area contributed by atoms with Crippen LogP contribution in [0.25, 0.3) is 0 Å². The lowest BCUT2D eigenvalue weighted by molar-refractivity contribution is -0.114. The van der Waals surface area contributed by atoms with E-state index in [1.807, 2.05) is 39.8 Å². The smallest absolute Gasteiger partial charge is 0.243 e. The Morgan fingerprint density at radius 1 is 1.07 bits per heavy atom. The predicted molar refractivity (Wildman–Crippen MR) is 118 cm³/mol. The van der Waals surface area contributed by atoms with E-state index in [2.05, 4.69) is 16.7 Å². The maximum absolute atomic E-state index is 12.9. The number of ether oxygens (including phenoxy) is 1. The summed E-state index contributed by atoms with van der Waals surface area (Å²) in [5.41, 5.74) is 3.69. The van der Waals surface area contributed by atoms with Gasteiger partial charge in [-0.1, -0.05) is 17.7 Å². The lowest BCUT2D eigenvalue weighted by Crippen LogP contribution is -2.48. The molecule has 7 nitrogen and oxygen atoms in total. The first kappa shape index (κ1) is 22.3.